The molecule has 106 valence electrons. The van der Waals surface area contributed by atoms with Gasteiger partial charge in [0.2, 0.25) is 0 Å². The van der Waals surface area contributed by atoms with Crippen LogP contribution in [0.15, 0.2) is 0 Å². The molecule has 1 saturated heterocycles. The Morgan fingerprint density at radius 1 is 1.28 bits per heavy atom. The van der Waals surface area contributed by atoms with Crippen molar-refractivity contribution >= 4 is 0 Å². The molecule has 0 aromatic carbocycles. The summed E-state index contributed by atoms with van der Waals surface area (Å²) in [6.07, 6.45) is 4.60. The average Bonchev–Trinajstić information content (AvgIpc) is 2.38. The van der Waals surface area contributed by atoms with Crippen LogP contribution in [0.3, 0.4) is 0 Å². The molecule has 2 rings (SSSR count). The van der Waals surface area contributed by atoms with E-state index in [0.717, 1.165) is 32.5 Å². The third-order valence-corrected chi connectivity index (χ3v) is 4.50. The number of ether oxygens (including phenoxy) is 1. The molecule has 0 amide bonds. The highest BCUT2D eigenvalue weighted by Crippen LogP contribution is 2.38. The summed E-state index contributed by atoms with van der Waals surface area (Å²) in [6.45, 7) is 4.17. The minimum atomic E-state index is -2.46. The summed E-state index contributed by atoms with van der Waals surface area (Å²) < 4.78 is 32.8. The summed E-state index contributed by atoms with van der Waals surface area (Å²) >= 11 is 0. The maximum absolute atomic E-state index is 13.7. The average molecular weight is 261 g/mol. The summed E-state index contributed by atoms with van der Waals surface area (Å²) in [7, 11) is 0. The topological polar surface area (TPSA) is 21.3 Å². The molecule has 0 bridgehead atoms. The van der Waals surface area contributed by atoms with E-state index in [4.69, 9.17) is 4.74 Å². The van der Waals surface area contributed by atoms with Gasteiger partial charge in [0, 0.05) is 31.5 Å². The molecule has 4 heteroatoms. The van der Waals surface area contributed by atoms with Gasteiger partial charge in [-0.2, -0.15) is 0 Å². The zero-order valence-corrected chi connectivity index (χ0v) is 11.3. The highest BCUT2D eigenvalue weighted by atomic mass is 19.3. The Balaban J connectivity index is 1.75. The molecule has 1 aliphatic carbocycles. The van der Waals surface area contributed by atoms with Crippen molar-refractivity contribution in [1.82, 2.24) is 5.32 Å². The Morgan fingerprint density at radius 3 is 2.78 bits per heavy atom. The van der Waals surface area contributed by atoms with Crippen LogP contribution in [0.5, 0.6) is 0 Å². The maximum Gasteiger partial charge on any atom is 0.252 e. The van der Waals surface area contributed by atoms with Crippen molar-refractivity contribution in [1.29, 1.82) is 0 Å². The number of hydrogen-bond donors (Lipinski definition) is 1. The molecule has 0 radical (unpaired) electrons. The first-order valence-corrected chi connectivity index (χ1v) is 7.28. The predicted molar refractivity (Wildman–Crippen MR) is 67.9 cm³/mol. The fourth-order valence-electron chi connectivity index (χ4n) is 3.07. The molecule has 1 N–H and O–H groups in total. The zero-order chi connectivity index (χ0) is 13.0. The lowest BCUT2D eigenvalue weighted by atomic mass is 9.85. The third kappa shape index (κ3) is 3.64. The number of rotatable bonds is 4. The highest BCUT2D eigenvalue weighted by molar-refractivity contribution is 4.85. The molecule has 0 aromatic rings. The van der Waals surface area contributed by atoms with Crippen molar-refractivity contribution in [3.05, 3.63) is 0 Å². The Morgan fingerprint density at radius 2 is 2.11 bits per heavy atom. The molecule has 0 unspecified atom stereocenters. The normalized spacial score (nSPS) is 34.2. The van der Waals surface area contributed by atoms with Gasteiger partial charge in [-0.15, -0.1) is 0 Å². The lowest BCUT2D eigenvalue weighted by molar-refractivity contribution is -0.0857. The Bertz CT molecular complexity index is 254. The molecule has 18 heavy (non-hydrogen) atoms. The molecule has 2 aliphatic rings. The smallest absolute Gasteiger partial charge is 0.252 e. The zero-order valence-electron chi connectivity index (χ0n) is 11.3. The Hall–Kier alpha value is -0.220. The van der Waals surface area contributed by atoms with Crippen LogP contribution in [-0.4, -0.2) is 31.7 Å². The first-order valence-electron chi connectivity index (χ1n) is 7.28. The fourth-order valence-corrected chi connectivity index (χ4v) is 3.07. The van der Waals surface area contributed by atoms with E-state index >= 15 is 0 Å². The molecular formula is C14H25F2NO. The van der Waals surface area contributed by atoms with Gasteiger partial charge >= 0.3 is 0 Å². The summed E-state index contributed by atoms with van der Waals surface area (Å²) in [5.74, 6) is -2.46. The summed E-state index contributed by atoms with van der Waals surface area (Å²) in [5, 5.41) is 3.32. The molecule has 2 nitrogen and oxygen atoms in total. The van der Waals surface area contributed by atoms with Gasteiger partial charge in [0.15, 0.2) is 0 Å². The van der Waals surface area contributed by atoms with E-state index in [1.807, 2.05) is 0 Å². The lowest BCUT2D eigenvalue weighted by Crippen LogP contribution is -2.45. The van der Waals surface area contributed by atoms with Crippen LogP contribution in [-0.2, 0) is 4.74 Å². The standard InChI is InChI=1S/C14H25F2NO/c1-11(12-5-4-8-18-10-12)17-9-13-6-2-3-7-14(13,15)16/h11-13,17H,2-10H2,1H3/t11-,12+,13+/m0/s1. The van der Waals surface area contributed by atoms with Gasteiger partial charge in [-0.1, -0.05) is 6.42 Å². The number of nitrogens with one attached hydrogen (secondary N) is 1. The highest BCUT2D eigenvalue weighted by Gasteiger charge is 2.41. The molecule has 2 fully saturated rings. The van der Waals surface area contributed by atoms with Crippen molar-refractivity contribution in [2.24, 2.45) is 11.8 Å². The monoisotopic (exact) mass is 261 g/mol. The second kappa shape index (κ2) is 6.29. The second-order valence-corrected chi connectivity index (χ2v) is 5.88. The van der Waals surface area contributed by atoms with E-state index in [2.05, 4.69) is 12.2 Å². The Kier molecular flexibility index (Phi) is 4.96. The van der Waals surface area contributed by atoms with Crippen molar-refractivity contribution in [3.8, 4) is 0 Å². The van der Waals surface area contributed by atoms with Gasteiger partial charge in [-0.3, -0.25) is 0 Å². The van der Waals surface area contributed by atoms with E-state index in [9.17, 15) is 8.78 Å². The van der Waals surface area contributed by atoms with Gasteiger partial charge in [0.05, 0.1) is 6.61 Å². The number of alkyl halides is 2. The molecule has 1 heterocycles. The Labute approximate surface area is 108 Å². The lowest BCUT2D eigenvalue weighted by Gasteiger charge is -2.34. The molecule has 1 saturated carbocycles. The first-order chi connectivity index (χ1) is 8.59. The second-order valence-electron chi connectivity index (χ2n) is 5.88. The molecule has 0 spiro atoms. The van der Waals surface area contributed by atoms with Crippen LogP contribution >= 0.6 is 0 Å². The molecule has 0 aromatic heterocycles. The molecule has 3 atom stereocenters. The van der Waals surface area contributed by atoms with Gasteiger partial charge in [0.25, 0.3) is 5.92 Å². The fraction of sp³-hybridized carbons (Fsp3) is 1.00. The quantitative estimate of drug-likeness (QED) is 0.839. The molecular weight excluding hydrogens is 236 g/mol. The summed E-state index contributed by atoms with van der Waals surface area (Å²) in [5.41, 5.74) is 0. The number of hydrogen-bond acceptors (Lipinski definition) is 2. The predicted octanol–water partition coefficient (Wildman–Crippen LogP) is 3.22. The van der Waals surface area contributed by atoms with E-state index in [-0.39, 0.29) is 12.5 Å². The first kappa shape index (κ1) is 14.2. The van der Waals surface area contributed by atoms with Gasteiger partial charge in [-0.05, 0) is 38.5 Å². The van der Waals surface area contributed by atoms with Crippen LogP contribution < -0.4 is 5.32 Å². The molecule has 1 aliphatic heterocycles. The van der Waals surface area contributed by atoms with Gasteiger partial charge in [0.1, 0.15) is 0 Å². The van der Waals surface area contributed by atoms with Crippen molar-refractivity contribution in [2.75, 3.05) is 19.8 Å². The van der Waals surface area contributed by atoms with E-state index in [0.29, 0.717) is 25.3 Å². The van der Waals surface area contributed by atoms with Crippen molar-refractivity contribution in [3.63, 3.8) is 0 Å². The van der Waals surface area contributed by atoms with Crippen LogP contribution in [0, 0.1) is 11.8 Å². The summed E-state index contributed by atoms with van der Waals surface area (Å²) in [4.78, 5) is 0. The van der Waals surface area contributed by atoms with Crippen LogP contribution in [0.25, 0.3) is 0 Å². The third-order valence-electron chi connectivity index (χ3n) is 4.50. The van der Waals surface area contributed by atoms with E-state index < -0.39 is 11.8 Å². The van der Waals surface area contributed by atoms with Crippen molar-refractivity contribution < 1.29 is 13.5 Å². The maximum atomic E-state index is 13.7. The van der Waals surface area contributed by atoms with E-state index in [1.165, 1.54) is 0 Å². The minimum absolute atomic E-state index is 0.0697. The van der Waals surface area contributed by atoms with Gasteiger partial charge < -0.3 is 10.1 Å². The SMILES string of the molecule is C[C@H](NC[C@H]1CCCCC1(F)F)[C@@H]1CCCOC1. The minimum Gasteiger partial charge on any atom is -0.381 e. The van der Waals surface area contributed by atoms with Gasteiger partial charge in [-0.25, -0.2) is 8.78 Å². The largest absolute Gasteiger partial charge is 0.381 e. The number of halogens is 2. The van der Waals surface area contributed by atoms with E-state index in [1.54, 1.807) is 0 Å². The van der Waals surface area contributed by atoms with Crippen LogP contribution in [0.1, 0.15) is 45.4 Å². The van der Waals surface area contributed by atoms with Crippen LogP contribution in [0.4, 0.5) is 8.78 Å². The van der Waals surface area contributed by atoms with Crippen molar-refractivity contribution in [2.45, 2.75) is 57.4 Å². The summed E-state index contributed by atoms with van der Waals surface area (Å²) in [6, 6.07) is 0.281. The van der Waals surface area contributed by atoms with Crippen LogP contribution in [0.2, 0.25) is 0 Å².